The number of aromatic amines is 1. The minimum Gasteiger partial charge on any atom is -0.371 e. The molecule has 0 bridgehead atoms. The van der Waals surface area contributed by atoms with E-state index in [9.17, 15) is 0 Å². The van der Waals surface area contributed by atoms with E-state index in [1.54, 1.807) is 6.20 Å². The molecule has 1 aliphatic rings. The van der Waals surface area contributed by atoms with Crippen molar-refractivity contribution in [2.24, 2.45) is 0 Å². The van der Waals surface area contributed by atoms with Gasteiger partial charge in [-0.3, -0.25) is 5.10 Å². The second-order valence-electron chi connectivity index (χ2n) is 2.70. The van der Waals surface area contributed by atoms with Crippen molar-refractivity contribution in [2.75, 3.05) is 19.7 Å². The first-order valence-corrected chi connectivity index (χ1v) is 4.68. The van der Waals surface area contributed by atoms with E-state index in [4.69, 9.17) is 4.74 Å². The number of morpholine rings is 1. The molecule has 4 nitrogen and oxygen atoms in total. The van der Waals surface area contributed by atoms with Crippen molar-refractivity contribution in [3.63, 3.8) is 0 Å². The normalized spacial score (nSPS) is 24.2. The van der Waals surface area contributed by atoms with Gasteiger partial charge in [0.05, 0.1) is 18.9 Å². The molecule has 0 aliphatic carbocycles. The van der Waals surface area contributed by atoms with Crippen LogP contribution in [0.15, 0.2) is 10.8 Å². The van der Waals surface area contributed by atoms with Crippen LogP contribution in [0.2, 0.25) is 0 Å². The maximum Gasteiger partial charge on any atom is 0.106 e. The van der Waals surface area contributed by atoms with E-state index in [1.165, 1.54) is 0 Å². The molecular weight excluding hydrogens is 222 g/mol. The predicted octanol–water partition coefficient (Wildman–Crippen LogP) is 0.833. The molecule has 0 amide bonds. The van der Waals surface area contributed by atoms with Gasteiger partial charge in [0.1, 0.15) is 4.60 Å². The Bertz CT molecular complexity index is 257. The van der Waals surface area contributed by atoms with Gasteiger partial charge in [0.25, 0.3) is 0 Å². The zero-order valence-corrected chi connectivity index (χ0v) is 8.10. The number of nitrogens with zero attached hydrogens (tertiary/aromatic N) is 1. The fourth-order valence-corrected chi connectivity index (χ4v) is 1.73. The topological polar surface area (TPSA) is 49.9 Å². The Morgan fingerprint density at radius 3 is 3.17 bits per heavy atom. The van der Waals surface area contributed by atoms with E-state index >= 15 is 0 Å². The lowest BCUT2D eigenvalue weighted by atomic mass is 10.2. The smallest absolute Gasteiger partial charge is 0.106 e. The lowest BCUT2D eigenvalue weighted by molar-refractivity contribution is 0.0273. The molecular formula is C7H10BrN3O. The first-order valence-electron chi connectivity index (χ1n) is 3.89. The molecule has 5 heteroatoms. The summed E-state index contributed by atoms with van der Waals surface area (Å²) in [4.78, 5) is 0. The van der Waals surface area contributed by atoms with Crippen LogP contribution in [0.3, 0.4) is 0 Å². The summed E-state index contributed by atoms with van der Waals surface area (Å²) in [5, 5.41) is 10.0. The first-order chi connectivity index (χ1) is 5.88. The summed E-state index contributed by atoms with van der Waals surface area (Å²) in [6, 6.07) is 0. The summed E-state index contributed by atoms with van der Waals surface area (Å²) < 4.78 is 6.46. The highest BCUT2D eigenvalue weighted by molar-refractivity contribution is 9.10. The Kier molecular flexibility index (Phi) is 2.43. The summed E-state index contributed by atoms with van der Waals surface area (Å²) >= 11 is 3.38. The van der Waals surface area contributed by atoms with Crippen molar-refractivity contribution < 1.29 is 4.74 Å². The van der Waals surface area contributed by atoms with Crippen molar-refractivity contribution in [3.05, 3.63) is 16.4 Å². The molecule has 0 aromatic carbocycles. The van der Waals surface area contributed by atoms with Gasteiger partial charge in [-0.2, -0.15) is 5.10 Å². The number of aromatic nitrogens is 2. The van der Waals surface area contributed by atoms with E-state index in [0.717, 1.165) is 29.9 Å². The lowest BCUT2D eigenvalue weighted by Gasteiger charge is -2.22. The number of hydrogen-bond donors (Lipinski definition) is 2. The van der Waals surface area contributed by atoms with E-state index < -0.39 is 0 Å². The van der Waals surface area contributed by atoms with Crippen molar-refractivity contribution >= 4 is 15.9 Å². The molecule has 1 aromatic heterocycles. The molecule has 2 rings (SSSR count). The van der Waals surface area contributed by atoms with Gasteiger partial charge in [-0.15, -0.1) is 0 Å². The van der Waals surface area contributed by atoms with Crippen molar-refractivity contribution in [1.29, 1.82) is 0 Å². The summed E-state index contributed by atoms with van der Waals surface area (Å²) in [5.41, 5.74) is 1.09. The van der Waals surface area contributed by atoms with Gasteiger partial charge >= 0.3 is 0 Å². The molecule has 2 heterocycles. The van der Waals surface area contributed by atoms with Crippen molar-refractivity contribution in [3.8, 4) is 0 Å². The quantitative estimate of drug-likeness (QED) is 0.754. The van der Waals surface area contributed by atoms with Crippen LogP contribution in [0.1, 0.15) is 11.7 Å². The second-order valence-corrected chi connectivity index (χ2v) is 3.50. The van der Waals surface area contributed by atoms with E-state index in [2.05, 4.69) is 31.4 Å². The minimum absolute atomic E-state index is 0.131. The van der Waals surface area contributed by atoms with E-state index in [0.29, 0.717) is 0 Å². The van der Waals surface area contributed by atoms with Crippen LogP contribution in [0, 0.1) is 0 Å². The Morgan fingerprint density at radius 1 is 1.67 bits per heavy atom. The molecule has 1 saturated heterocycles. The molecule has 0 saturated carbocycles. The molecule has 1 aromatic rings. The summed E-state index contributed by atoms with van der Waals surface area (Å²) in [7, 11) is 0. The lowest BCUT2D eigenvalue weighted by Crippen LogP contribution is -2.33. The van der Waals surface area contributed by atoms with Crippen LogP contribution < -0.4 is 5.32 Å². The molecule has 2 N–H and O–H groups in total. The Morgan fingerprint density at radius 2 is 2.58 bits per heavy atom. The highest BCUT2D eigenvalue weighted by Gasteiger charge is 2.18. The Labute approximate surface area is 78.8 Å². The first kappa shape index (κ1) is 8.22. The molecule has 0 radical (unpaired) electrons. The zero-order chi connectivity index (χ0) is 8.39. The zero-order valence-electron chi connectivity index (χ0n) is 6.51. The number of hydrogen-bond acceptors (Lipinski definition) is 3. The molecule has 0 spiro atoms. The average molecular weight is 232 g/mol. The van der Waals surface area contributed by atoms with Crippen LogP contribution in [-0.4, -0.2) is 29.9 Å². The number of halogens is 1. The van der Waals surface area contributed by atoms with E-state index in [1.807, 2.05) is 0 Å². The third-order valence-electron chi connectivity index (χ3n) is 1.89. The molecule has 12 heavy (non-hydrogen) atoms. The number of H-pyrrole nitrogens is 1. The summed E-state index contributed by atoms with van der Waals surface area (Å²) in [6.07, 6.45) is 1.92. The predicted molar refractivity (Wildman–Crippen MR) is 47.9 cm³/mol. The van der Waals surface area contributed by atoms with E-state index in [-0.39, 0.29) is 6.10 Å². The Hall–Kier alpha value is -0.390. The van der Waals surface area contributed by atoms with Gasteiger partial charge in [0.15, 0.2) is 0 Å². The molecule has 1 aliphatic heterocycles. The molecule has 1 atom stereocenters. The van der Waals surface area contributed by atoms with Crippen molar-refractivity contribution in [1.82, 2.24) is 15.5 Å². The number of rotatable bonds is 1. The number of nitrogens with one attached hydrogen (secondary N) is 2. The van der Waals surface area contributed by atoms with Gasteiger partial charge < -0.3 is 10.1 Å². The highest BCUT2D eigenvalue weighted by atomic mass is 79.9. The van der Waals surface area contributed by atoms with Gasteiger partial charge in [-0.25, -0.2) is 0 Å². The Balaban J connectivity index is 2.13. The maximum absolute atomic E-state index is 5.55. The largest absolute Gasteiger partial charge is 0.371 e. The van der Waals surface area contributed by atoms with Crippen LogP contribution in [0.25, 0.3) is 0 Å². The van der Waals surface area contributed by atoms with Gasteiger partial charge in [0.2, 0.25) is 0 Å². The van der Waals surface area contributed by atoms with Crippen LogP contribution in [0.4, 0.5) is 0 Å². The third-order valence-corrected chi connectivity index (χ3v) is 2.53. The third kappa shape index (κ3) is 1.53. The van der Waals surface area contributed by atoms with Crippen LogP contribution in [0.5, 0.6) is 0 Å². The van der Waals surface area contributed by atoms with Crippen molar-refractivity contribution in [2.45, 2.75) is 6.10 Å². The summed E-state index contributed by atoms with van der Waals surface area (Å²) in [6.45, 7) is 2.56. The standard InChI is InChI=1S/C7H10BrN3O/c8-7-5(3-10-11-7)6-4-9-1-2-12-6/h3,6,9H,1-2,4H2,(H,10,11). The SMILES string of the molecule is Brc1[nH]ncc1C1CNCCO1. The molecule has 1 unspecified atom stereocenters. The van der Waals surface area contributed by atoms with Gasteiger partial charge in [-0.1, -0.05) is 0 Å². The van der Waals surface area contributed by atoms with Gasteiger partial charge in [0, 0.05) is 18.7 Å². The monoisotopic (exact) mass is 231 g/mol. The molecule has 1 fully saturated rings. The molecule has 66 valence electrons. The van der Waals surface area contributed by atoms with Gasteiger partial charge in [-0.05, 0) is 15.9 Å². The second kappa shape index (κ2) is 3.55. The van der Waals surface area contributed by atoms with Crippen LogP contribution in [-0.2, 0) is 4.74 Å². The average Bonchev–Trinajstić information content (AvgIpc) is 2.53. The fourth-order valence-electron chi connectivity index (χ4n) is 1.27. The fraction of sp³-hybridized carbons (Fsp3) is 0.571. The maximum atomic E-state index is 5.55. The highest BCUT2D eigenvalue weighted by Crippen LogP contribution is 2.24. The summed E-state index contributed by atoms with van der Waals surface area (Å²) in [5.74, 6) is 0. The van der Waals surface area contributed by atoms with Crippen LogP contribution >= 0.6 is 15.9 Å². The number of ether oxygens (including phenoxy) is 1. The minimum atomic E-state index is 0.131.